The van der Waals surface area contributed by atoms with Gasteiger partial charge in [0.05, 0.1) is 0 Å². The average molecular weight is 250 g/mol. The molecule has 0 spiro atoms. The Hall–Kier alpha value is -0.870. The topological polar surface area (TPSA) is 33.1 Å². The minimum absolute atomic E-state index is 0.272. The third kappa shape index (κ3) is 2.93. The average Bonchev–Trinajstić information content (AvgIpc) is 2.76. The van der Waals surface area contributed by atoms with Crippen LogP contribution in [0.15, 0.2) is 12.4 Å². The molecule has 0 aromatic carbocycles. The molecule has 1 aromatic heterocycles. The number of aromatic nitrogens is 2. The fourth-order valence-corrected chi connectivity index (χ4v) is 2.60. The third-order valence-corrected chi connectivity index (χ3v) is 4.32. The molecular formula is C14H26N4. The van der Waals surface area contributed by atoms with E-state index >= 15 is 0 Å². The highest BCUT2D eigenvalue weighted by atomic mass is 15.2. The van der Waals surface area contributed by atoms with E-state index in [0.29, 0.717) is 6.04 Å². The Labute approximate surface area is 110 Å². The predicted molar refractivity (Wildman–Crippen MR) is 74.6 cm³/mol. The number of piperazine rings is 1. The molecule has 1 aliphatic rings. The number of nitrogens with one attached hydrogen (secondary N) is 1. The predicted octanol–water partition coefficient (Wildman–Crippen LogP) is 1.43. The van der Waals surface area contributed by atoms with Crippen LogP contribution in [0.1, 0.15) is 33.0 Å². The third-order valence-electron chi connectivity index (χ3n) is 4.32. The Morgan fingerprint density at radius 2 is 2.33 bits per heavy atom. The van der Waals surface area contributed by atoms with Crippen LogP contribution in [0, 0.1) is 0 Å². The SMILES string of the molecule is CCC1(C)CN(CCc2nccn2C)C(C)CN1. The summed E-state index contributed by atoms with van der Waals surface area (Å²) in [5.74, 6) is 1.18. The van der Waals surface area contributed by atoms with Crippen LogP contribution < -0.4 is 5.32 Å². The van der Waals surface area contributed by atoms with Crippen LogP contribution in [0.5, 0.6) is 0 Å². The molecule has 1 aliphatic heterocycles. The van der Waals surface area contributed by atoms with Gasteiger partial charge in [0.25, 0.3) is 0 Å². The summed E-state index contributed by atoms with van der Waals surface area (Å²) in [6.07, 6.45) is 6.12. The molecular weight excluding hydrogens is 224 g/mol. The smallest absolute Gasteiger partial charge is 0.109 e. The highest BCUT2D eigenvalue weighted by Gasteiger charge is 2.32. The van der Waals surface area contributed by atoms with E-state index in [1.165, 1.54) is 12.2 Å². The van der Waals surface area contributed by atoms with Crippen LogP contribution in [0.2, 0.25) is 0 Å². The molecule has 0 amide bonds. The molecule has 2 unspecified atom stereocenters. The van der Waals surface area contributed by atoms with Gasteiger partial charge in [-0.25, -0.2) is 4.98 Å². The van der Waals surface area contributed by atoms with Gasteiger partial charge < -0.3 is 9.88 Å². The fourth-order valence-electron chi connectivity index (χ4n) is 2.60. The van der Waals surface area contributed by atoms with Crippen molar-refractivity contribution >= 4 is 0 Å². The first kappa shape index (κ1) is 13.6. The normalized spacial score (nSPS) is 29.7. The second-order valence-corrected chi connectivity index (χ2v) is 5.82. The van der Waals surface area contributed by atoms with Crippen molar-refractivity contribution in [3.8, 4) is 0 Å². The second kappa shape index (κ2) is 5.41. The molecule has 0 saturated carbocycles. The van der Waals surface area contributed by atoms with E-state index in [2.05, 4.69) is 47.6 Å². The van der Waals surface area contributed by atoms with Crippen LogP contribution in [-0.2, 0) is 13.5 Å². The molecule has 2 rings (SSSR count). The standard InChI is InChI=1S/C14H26N4/c1-5-14(3)11-18(12(2)10-16-14)8-6-13-15-7-9-17(13)4/h7,9,12,16H,5-6,8,10-11H2,1-4H3. The van der Waals surface area contributed by atoms with Gasteiger partial charge in [-0.2, -0.15) is 0 Å². The second-order valence-electron chi connectivity index (χ2n) is 5.82. The maximum absolute atomic E-state index is 4.40. The number of hydrogen-bond acceptors (Lipinski definition) is 3. The summed E-state index contributed by atoms with van der Waals surface area (Å²) < 4.78 is 2.12. The van der Waals surface area contributed by atoms with Crippen molar-refractivity contribution in [3.05, 3.63) is 18.2 Å². The highest BCUT2D eigenvalue weighted by Crippen LogP contribution is 2.18. The van der Waals surface area contributed by atoms with Gasteiger partial charge in [-0.3, -0.25) is 4.90 Å². The number of imidazole rings is 1. The van der Waals surface area contributed by atoms with Crippen LogP contribution >= 0.6 is 0 Å². The molecule has 0 bridgehead atoms. The first-order valence-electron chi connectivity index (χ1n) is 6.99. The largest absolute Gasteiger partial charge is 0.338 e. The van der Waals surface area contributed by atoms with Crippen molar-refractivity contribution in [3.63, 3.8) is 0 Å². The van der Waals surface area contributed by atoms with Gasteiger partial charge in [-0.15, -0.1) is 0 Å². The van der Waals surface area contributed by atoms with E-state index < -0.39 is 0 Å². The van der Waals surface area contributed by atoms with Crippen LogP contribution in [0.25, 0.3) is 0 Å². The minimum atomic E-state index is 0.272. The van der Waals surface area contributed by atoms with E-state index in [0.717, 1.165) is 26.1 Å². The maximum Gasteiger partial charge on any atom is 0.109 e. The monoisotopic (exact) mass is 250 g/mol. The summed E-state index contributed by atoms with van der Waals surface area (Å²) in [7, 11) is 2.07. The lowest BCUT2D eigenvalue weighted by molar-refractivity contribution is 0.0937. The van der Waals surface area contributed by atoms with E-state index in [1.54, 1.807) is 0 Å². The minimum Gasteiger partial charge on any atom is -0.338 e. The zero-order chi connectivity index (χ0) is 13.2. The van der Waals surface area contributed by atoms with Gasteiger partial charge in [-0.1, -0.05) is 6.92 Å². The molecule has 0 radical (unpaired) electrons. The number of aryl methyl sites for hydroxylation is 1. The number of hydrogen-bond donors (Lipinski definition) is 1. The van der Waals surface area contributed by atoms with Crippen molar-refractivity contribution in [1.82, 2.24) is 19.8 Å². The van der Waals surface area contributed by atoms with Crippen LogP contribution in [0.4, 0.5) is 0 Å². The Bertz CT molecular complexity index is 387. The first-order valence-corrected chi connectivity index (χ1v) is 6.99. The van der Waals surface area contributed by atoms with Gasteiger partial charge in [0.2, 0.25) is 0 Å². The van der Waals surface area contributed by atoms with Crippen molar-refractivity contribution < 1.29 is 0 Å². The van der Waals surface area contributed by atoms with Crippen molar-refractivity contribution in [1.29, 1.82) is 0 Å². The van der Waals surface area contributed by atoms with E-state index in [9.17, 15) is 0 Å². The molecule has 4 nitrogen and oxygen atoms in total. The van der Waals surface area contributed by atoms with Gasteiger partial charge in [0, 0.05) is 57.1 Å². The summed E-state index contributed by atoms with van der Waals surface area (Å²) in [5, 5.41) is 3.67. The quantitative estimate of drug-likeness (QED) is 0.877. The molecule has 1 N–H and O–H groups in total. The highest BCUT2D eigenvalue weighted by molar-refractivity contribution is 4.96. The van der Waals surface area contributed by atoms with Gasteiger partial charge in [-0.05, 0) is 20.3 Å². The van der Waals surface area contributed by atoms with Gasteiger partial charge >= 0.3 is 0 Å². The lowest BCUT2D eigenvalue weighted by atomic mass is 9.94. The first-order chi connectivity index (χ1) is 8.54. The summed E-state index contributed by atoms with van der Waals surface area (Å²) in [6, 6.07) is 0.616. The number of rotatable bonds is 4. The van der Waals surface area contributed by atoms with E-state index in [1.807, 2.05) is 12.4 Å². The van der Waals surface area contributed by atoms with Crippen molar-refractivity contribution in [2.24, 2.45) is 7.05 Å². The summed E-state index contributed by atoms with van der Waals surface area (Å²) in [6.45, 7) is 10.2. The lowest BCUT2D eigenvalue weighted by Crippen LogP contribution is -2.62. The molecule has 102 valence electrons. The zero-order valence-electron chi connectivity index (χ0n) is 12.1. The fraction of sp³-hybridized carbons (Fsp3) is 0.786. The maximum atomic E-state index is 4.40. The molecule has 2 heterocycles. The van der Waals surface area contributed by atoms with Crippen molar-refractivity contribution in [2.75, 3.05) is 19.6 Å². The summed E-state index contributed by atoms with van der Waals surface area (Å²) in [4.78, 5) is 6.99. The summed E-state index contributed by atoms with van der Waals surface area (Å²) in [5.41, 5.74) is 0.272. The van der Waals surface area contributed by atoms with Gasteiger partial charge in [0.15, 0.2) is 0 Å². The van der Waals surface area contributed by atoms with E-state index in [4.69, 9.17) is 0 Å². The molecule has 1 aromatic rings. The zero-order valence-corrected chi connectivity index (χ0v) is 12.1. The molecule has 2 atom stereocenters. The van der Waals surface area contributed by atoms with Crippen molar-refractivity contribution in [2.45, 2.75) is 45.2 Å². The molecule has 1 saturated heterocycles. The lowest BCUT2D eigenvalue weighted by Gasteiger charge is -2.45. The Morgan fingerprint density at radius 3 is 2.94 bits per heavy atom. The van der Waals surface area contributed by atoms with Gasteiger partial charge in [0.1, 0.15) is 5.82 Å². The van der Waals surface area contributed by atoms with Crippen LogP contribution in [0.3, 0.4) is 0 Å². The van der Waals surface area contributed by atoms with Crippen LogP contribution in [-0.4, -0.2) is 45.7 Å². The Balaban J connectivity index is 1.93. The Morgan fingerprint density at radius 1 is 1.56 bits per heavy atom. The number of nitrogens with zero attached hydrogens (tertiary/aromatic N) is 3. The molecule has 4 heteroatoms. The molecule has 18 heavy (non-hydrogen) atoms. The molecule has 1 fully saturated rings. The summed E-state index contributed by atoms with van der Waals surface area (Å²) >= 11 is 0. The molecule has 0 aliphatic carbocycles. The Kier molecular flexibility index (Phi) is 4.07. The van der Waals surface area contributed by atoms with E-state index in [-0.39, 0.29) is 5.54 Å².